The second kappa shape index (κ2) is 11.5. The van der Waals surface area contributed by atoms with Crippen molar-refractivity contribution in [3.63, 3.8) is 0 Å². The zero-order chi connectivity index (χ0) is 19.6. The number of rotatable bonds is 12. The van der Waals surface area contributed by atoms with Gasteiger partial charge in [0, 0.05) is 5.69 Å². The van der Waals surface area contributed by atoms with E-state index in [1.165, 1.54) is 44.6 Å². The SMILES string of the molecule is CCCCCCCCc1ccc(NC(=O)[C@@H](N)[C@@H](C)OP(=O)(O)O)cc1. The Labute approximate surface area is 155 Å². The molecule has 8 heteroatoms. The maximum atomic E-state index is 12.1. The third kappa shape index (κ3) is 9.46. The van der Waals surface area contributed by atoms with Gasteiger partial charge in [-0.15, -0.1) is 0 Å². The number of nitrogens with two attached hydrogens (primary N) is 1. The molecule has 0 bridgehead atoms. The summed E-state index contributed by atoms with van der Waals surface area (Å²) >= 11 is 0. The van der Waals surface area contributed by atoms with Crippen LogP contribution in [0, 0.1) is 0 Å². The minimum absolute atomic E-state index is 0.561. The van der Waals surface area contributed by atoms with Gasteiger partial charge in [-0.1, -0.05) is 51.2 Å². The summed E-state index contributed by atoms with van der Waals surface area (Å²) in [4.78, 5) is 29.6. The number of aryl methyl sites for hydroxylation is 1. The Balaban J connectivity index is 2.41. The average Bonchev–Trinajstić information content (AvgIpc) is 2.57. The Hall–Kier alpha value is -1.24. The number of unbranched alkanes of at least 4 members (excludes halogenated alkanes) is 5. The van der Waals surface area contributed by atoms with Crippen molar-refractivity contribution in [2.45, 2.75) is 70.9 Å². The summed E-state index contributed by atoms with van der Waals surface area (Å²) < 4.78 is 15.2. The zero-order valence-electron chi connectivity index (χ0n) is 15.6. The van der Waals surface area contributed by atoms with Crippen LogP contribution in [0.15, 0.2) is 24.3 Å². The lowest BCUT2D eigenvalue weighted by atomic mass is 10.0. The summed E-state index contributed by atoms with van der Waals surface area (Å²) in [6.45, 7) is 3.55. The number of benzene rings is 1. The van der Waals surface area contributed by atoms with Crippen molar-refractivity contribution >= 4 is 19.4 Å². The fourth-order valence-corrected chi connectivity index (χ4v) is 3.15. The smallest absolute Gasteiger partial charge is 0.325 e. The summed E-state index contributed by atoms with van der Waals surface area (Å²) in [5.41, 5.74) is 7.47. The molecule has 0 radical (unpaired) electrons. The molecule has 1 aromatic carbocycles. The van der Waals surface area contributed by atoms with E-state index in [2.05, 4.69) is 16.8 Å². The van der Waals surface area contributed by atoms with Crippen LogP contribution in [-0.4, -0.2) is 27.8 Å². The summed E-state index contributed by atoms with van der Waals surface area (Å²) in [7, 11) is -4.68. The number of carbonyl (C=O) groups excluding carboxylic acids is 1. The molecule has 0 aromatic heterocycles. The Morgan fingerprint density at radius 1 is 1.15 bits per heavy atom. The molecule has 0 heterocycles. The Bertz CT molecular complexity index is 588. The van der Waals surface area contributed by atoms with Crippen LogP contribution < -0.4 is 11.1 Å². The van der Waals surface area contributed by atoms with E-state index >= 15 is 0 Å². The normalized spacial score (nSPS) is 14.0. The summed E-state index contributed by atoms with van der Waals surface area (Å²) in [6, 6.07) is 6.33. The number of hydrogen-bond acceptors (Lipinski definition) is 4. The quantitative estimate of drug-likeness (QED) is 0.323. The highest BCUT2D eigenvalue weighted by Crippen LogP contribution is 2.37. The van der Waals surface area contributed by atoms with Crippen LogP contribution in [-0.2, 0) is 20.3 Å². The molecule has 0 saturated heterocycles. The molecule has 0 spiro atoms. The Morgan fingerprint density at radius 2 is 1.73 bits per heavy atom. The molecule has 1 amide bonds. The molecular formula is C18H31N2O5P. The largest absolute Gasteiger partial charge is 0.469 e. The predicted octanol–water partition coefficient (Wildman–Crippen LogP) is 3.35. The van der Waals surface area contributed by atoms with Crippen molar-refractivity contribution in [3.8, 4) is 0 Å². The lowest BCUT2D eigenvalue weighted by Gasteiger charge is -2.20. The topological polar surface area (TPSA) is 122 Å². The van der Waals surface area contributed by atoms with Gasteiger partial charge in [-0.3, -0.25) is 9.32 Å². The first kappa shape index (κ1) is 22.8. The van der Waals surface area contributed by atoms with Crippen molar-refractivity contribution < 1.29 is 23.7 Å². The van der Waals surface area contributed by atoms with Gasteiger partial charge in [-0.2, -0.15) is 0 Å². The van der Waals surface area contributed by atoms with Gasteiger partial charge in [0.25, 0.3) is 0 Å². The molecule has 0 fully saturated rings. The molecule has 0 unspecified atom stereocenters. The average molecular weight is 386 g/mol. The monoisotopic (exact) mass is 386 g/mol. The molecule has 2 atom stereocenters. The van der Waals surface area contributed by atoms with Crippen LogP contribution in [0.4, 0.5) is 5.69 Å². The highest BCUT2D eigenvalue weighted by Gasteiger charge is 2.28. The van der Waals surface area contributed by atoms with Crippen LogP contribution in [0.3, 0.4) is 0 Å². The van der Waals surface area contributed by atoms with E-state index in [4.69, 9.17) is 15.5 Å². The van der Waals surface area contributed by atoms with E-state index in [9.17, 15) is 9.36 Å². The van der Waals surface area contributed by atoms with E-state index in [-0.39, 0.29) is 0 Å². The van der Waals surface area contributed by atoms with E-state index in [0.717, 1.165) is 12.8 Å². The summed E-state index contributed by atoms with van der Waals surface area (Å²) in [5, 5.41) is 2.63. The first-order chi connectivity index (χ1) is 12.2. The fraction of sp³-hybridized carbons (Fsp3) is 0.611. The highest BCUT2D eigenvalue weighted by atomic mass is 31.2. The lowest BCUT2D eigenvalue weighted by Crippen LogP contribution is -2.44. The van der Waals surface area contributed by atoms with Crippen molar-refractivity contribution in [1.29, 1.82) is 0 Å². The van der Waals surface area contributed by atoms with Gasteiger partial charge in [-0.25, -0.2) is 4.57 Å². The fourth-order valence-electron chi connectivity index (χ4n) is 2.59. The molecule has 0 aliphatic carbocycles. The van der Waals surface area contributed by atoms with Gasteiger partial charge in [0.15, 0.2) is 0 Å². The summed E-state index contributed by atoms with van der Waals surface area (Å²) in [6.07, 6.45) is 7.40. The van der Waals surface area contributed by atoms with Crippen LogP contribution >= 0.6 is 7.82 Å². The third-order valence-corrected chi connectivity index (χ3v) is 4.76. The second-order valence-electron chi connectivity index (χ2n) is 6.53. The van der Waals surface area contributed by atoms with Crippen molar-refractivity contribution in [3.05, 3.63) is 29.8 Å². The van der Waals surface area contributed by atoms with Crippen LogP contribution in [0.2, 0.25) is 0 Å². The maximum absolute atomic E-state index is 12.1. The molecule has 1 rings (SSSR count). The molecule has 0 aliphatic heterocycles. The zero-order valence-corrected chi connectivity index (χ0v) is 16.5. The standard InChI is InChI=1S/C18H31N2O5P/c1-3-4-5-6-7-8-9-15-10-12-16(13-11-15)20-18(21)17(19)14(2)25-26(22,23)24/h10-14,17H,3-9,19H2,1-2H3,(H,20,21)(H2,22,23,24)/t14-,17+/m1/s1. The van der Waals surface area contributed by atoms with Gasteiger partial charge in [-0.05, 0) is 37.5 Å². The molecule has 26 heavy (non-hydrogen) atoms. The number of carbonyl (C=O) groups is 1. The van der Waals surface area contributed by atoms with Crippen molar-refractivity contribution in [2.75, 3.05) is 5.32 Å². The lowest BCUT2D eigenvalue weighted by molar-refractivity contribution is -0.119. The van der Waals surface area contributed by atoms with Crippen molar-refractivity contribution in [2.24, 2.45) is 5.73 Å². The number of hydrogen-bond donors (Lipinski definition) is 4. The van der Waals surface area contributed by atoms with E-state index < -0.39 is 25.9 Å². The third-order valence-electron chi connectivity index (χ3n) is 4.15. The molecule has 0 aliphatic rings. The maximum Gasteiger partial charge on any atom is 0.469 e. The van der Waals surface area contributed by atoms with Gasteiger partial charge >= 0.3 is 7.82 Å². The van der Waals surface area contributed by atoms with E-state index in [1.807, 2.05) is 12.1 Å². The van der Waals surface area contributed by atoms with Crippen LogP contribution in [0.5, 0.6) is 0 Å². The molecule has 5 N–H and O–H groups in total. The number of amides is 1. The van der Waals surface area contributed by atoms with E-state index in [0.29, 0.717) is 5.69 Å². The van der Waals surface area contributed by atoms with Crippen LogP contribution in [0.25, 0.3) is 0 Å². The first-order valence-electron chi connectivity index (χ1n) is 9.12. The van der Waals surface area contributed by atoms with Gasteiger partial charge < -0.3 is 20.8 Å². The van der Waals surface area contributed by atoms with Gasteiger partial charge in [0.1, 0.15) is 6.04 Å². The van der Waals surface area contributed by atoms with E-state index in [1.54, 1.807) is 12.1 Å². The Kier molecular flexibility index (Phi) is 10.1. The molecule has 148 valence electrons. The number of nitrogens with one attached hydrogen (secondary N) is 1. The predicted molar refractivity (Wildman–Crippen MR) is 103 cm³/mol. The number of phosphoric ester groups is 1. The molecule has 0 saturated carbocycles. The Morgan fingerprint density at radius 3 is 2.31 bits per heavy atom. The van der Waals surface area contributed by atoms with Gasteiger partial charge in [0.05, 0.1) is 6.10 Å². The highest BCUT2D eigenvalue weighted by molar-refractivity contribution is 7.46. The summed E-state index contributed by atoms with van der Waals surface area (Å²) in [5.74, 6) is -0.561. The minimum atomic E-state index is -4.68. The number of phosphoric acid groups is 1. The molecule has 7 nitrogen and oxygen atoms in total. The molecular weight excluding hydrogens is 355 g/mol. The molecule has 1 aromatic rings. The minimum Gasteiger partial charge on any atom is -0.325 e. The number of anilines is 1. The van der Waals surface area contributed by atoms with Crippen LogP contribution in [0.1, 0.15) is 57.9 Å². The second-order valence-corrected chi connectivity index (χ2v) is 7.72. The van der Waals surface area contributed by atoms with Gasteiger partial charge in [0.2, 0.25) is 5.91 Å². The first-order valence-corrected chi connectivity index (χ1v) is 10.6. The van der Waals surface area contributed by atoms with Crippen molar-refractivity contribution in [1.82, 2.24) is 0 Å².